The van der Waals surface area contributed by atoms with Gasteiger partial charge in [-0.1, -0.05) is 12.1 Å². The van der Waals surface area contributed by atoms with Crippen LogP contribution in [0.2, 0.25) is 0 Å². The number of rotatable bonds is 4. The molecule has 6 nitrogen and oxygen atoms in total. The highest BCUT2D eigenvalue weighted by Gasteiger charge is 2.23. The SMILES string of the molecule is Cn1ccnc1N1CCC(NC(=O)Cc2ccc3c(c2)CCO3)CC1. The number of carbonyl (C=O) groups is 1. The van der Waals surface area contributed by atoms with E-state index in [1.807, 2.05) is 36.1 Å². The van der Waals surface area contributed by atoms with Crippen molar-refractivity contribution in [3.8, 4) is 5.75 Å². The second kappa shape index (κ2) is 6.78. The lowest BCUT2D eigenvalue weighted by atomic mass is 10.0. The first-order valence-corrected chi connectivity index (χ1v) is 8.95. The van der Waals surface area contributed by atoms with Crippen molar-refractivity contribution in [1.82, 2.24) is 14.9 Å². The topological polar surface area (TPSA) is 59.4 Å². The molecule has 6 heteroatoms. The van der Waals surface area contributed by atoms with Crippen LogP contribution in [0.25, 0.3) is 0 Å². The van der Waals surface area contributed by atoms with Crippen molar-refractivity contribution in [2.24, 2.45) is 7.05 Å². The summed E-state index contributed by atoms with van der Waals surface area (Å²) in [4.78, 5) is 19.1. The third-order valence-corrected chi connectivity index (χ3v) is 5.06. The van der Waals surface area contributed by atoms with E-state index in [4.69, 9.17) is 4.74 Å². The molecule has 0 bridgehead atoms. The van der Waals surface area contributed by atoms with Crippen molar-refractivity contribution in [1.29, 1.82) is 0 Å². The maximum Gasteiger partial charge on any atom is 0.224 e. The molecule has 2 aromatic rings. The molecule has 3 heterocycles. The summed E-state index contributed by atoms with van der Waals surface area (Å²) in [6.45, 7) is 2.59. The predicted molar refractivity (Wildman–Crippen MR) is 95.9 cm³/mol. The number of anilines is 1. The molecule has 4 rings (SSSR count). The van der Waals surface area contributed by atoms with Crippen molar-refractivity contribution >= 4 is 11.9 Å². The van der Waals surface area contributed by atoms with Crippen molar-refractivity contribution in [2.75, 3.05) is 24.6 Å². The quantitative estimate of drug-likeness (QED) is 0.920. The lowest BCUT2D eigenvalue weighted by Crippen LogP contribution is -2.45. The fourth-order valence-corrected chi connectivity index (χ4v) is 3.70. The third-order valence-electron chi connectivity index (χ3n) is 5.06. The van der Waals surface area contributed by atoms with Gasteiger partial charge in [-0.2, -0.15) is 0 Å². The summed E-state index contributed by atoms with van der Waals surface area (Å²) in [5.41, 5.74) is 2.28. The Morgan fingerprint density at radius 3 is 2.96 bits per heavy atom. The Morgan fingerprint density at radius 2 is 2.20 bits per heavy atom. The number of hydrogen-bond acceptors (Lipinski definition) is 4. The van der Waals surface area contributed by atoms with Gasteiger partial charge in [0.15, 0.2) is 0 Å². The molecule has 1 saturated heterocycles. The Balaban J connectivity index is 1.28. The molecule has 1 aromatic heterocycles. The molecule has 1 fully saturated rings. The number of fused-ring (bicyclic) bond motifs is 1. The van der Waals surface area contributed by atoms with Gasteiger partial charge >= 0.3 is 0 Å². The zero-order valence-electron chi connectivity index (χ0n) is 14.6. The van der Waals surface area contributed by atoms with Crippen LogP contribution in [-0.4, -0.2) is 41.2 Å². The van der Waals surface area contributed by atoms with Gasteiger partial charge < -0.3 is 19.5 Å². The minimum absolute atomic E-state index is 0.106. The molecule has 0 atom stereocenters. The van der Waals surface area contributed by atoms with Crippen LogP contribution in [0.15, 0.2) is 30.6 Å². The maximum atomic E-state index is 12.4. The van der Waals surface area contributed by atoms with E-state index in [-0.39, 0.29) is 11.9 Å². The lowest BCUT2D eigenvalue weighted by Gasteiger charge is -2.33. The van der Waals surface area contributed by atoms with Gasteiger partial charge in [0.1, 0.15) is 5.75 Å². The van der Waals surface area contributed by atoms with Gasteiger partial charge in [-0.3, -0.25) is 4.79 Å². The average molecular weight is 340 g/mol. The number of piperidine rings is 1. The predicted octanol–water partition coefficient (Wildman–Crippen LogP) is 1.68. The van der Waals surface area contributed by atoms with Crippen LogP contribution >= 0.6 is 0 Å². The van der Waals surface area contributed by atoms with E-state index in [1.54, 1.807) is 0 Å². The minimum Gasteiger partial charge on any atom is -0.493 e. The van der Waals surface area contributed by atoms with Crippen molar-refractivity contribution < 1.29 is 9.53 Å². The van der Waals surface area contributed by atoms with E-state index in [1.165, 1.54) is 5.56 Å². The highest BCUT2D eigenvalue weighted by molar-refractivity contribution is 5.79. The van der Waals surface area contributed by atoms with E-state index in [9.17, 15) is 4.79 Å². The monoisotopic (exact) mass is 340 g/mol. The van der Waals surface area contributed by atoms with Gasteiger partial charge in [0.05, 0.1) is 13.0 Å². The van der Waals surface area contributed by atoms with Gasteiger partial charge in [0, 0.05) is 45.0 Å². The Hall–Kier alpha value is -2.50. The zero-order chi connectivity index (χ0) is 17.2. The summed E-state index contributed by atoms with van der Waals surface area (Å²) in [7, 11) is 2.01. The zero-order valence-corrected chi connectivity index (χ0v) is 14.6. The number of imidazole rings is 1. The average Bonchev–Trinajstić information content (AvgIpc) is 3.24. The number of nitrogens with zero attached hydrogens (tertiary/aromatic N) is 3. The minimum atomic E-state index is 0.106. The maximum absolute atomic E-state index is 12.4. The normalized spacial score (nSPS) is 17.2. The summed E-state index contributed by atoms with van der Waals surface area (Å²) < 4.78 is 7.56. The van der Waals surface area contributed by atoms with Crippen LogP contribution in [-0.2, 0) is 24.7 Å². The van der Waals surface area contributed by atoms with E-state index in [0.29, 0.717) is 6.42 Å². The van der Waals surface area contributed by atoms with Gasteiger partial charge in [0.2, 0.25) is 11.9 Å². The summed E-state index contributed by atoms with van der Waals surface area (Å²) >= 11 is 0. The number of carbonyl (C=O) groups excluding carboxylic acids is 1. The van der Waals surface area contributed by atoms with E-state index < -0.39 is 0 Å². The molecule has 0 saturated carbocycles. The highest BCUT2D eigenvalue weighted by atomic mass is 16.5. The Bertz CT molecular complexity index is 763. The number of ether oxygens (including phenoxy) is 1. The van der Waals surface area contributed by atoms with Crippen LogP contribution < -0.4 is 15.0 Å². The fraction of sp³-hybridized carbons (Fsp3) is 0.474. The molecular formula is C19H24N4O2. The fourth-order valence-electron chi connectivity index (χ4n) is 3.70. The van der Waals surface area contributed by atoms with Crippen LogP contribution in [0.3, 0.4) is 0 Å². The smallest absolute Gasteiger partial charge is 0.224 e. The molecular weight excluding hydrogens is 316 g/mol. The Kier molecular flexibility index (Phi) is 4.34. The second-order valence-corrected chi connectivity index (χ2v) is 6.88. The van der Waals surface area contributed by atoms with Crippen LogP contribution in [0, 0.1) is 0 Å². The standard InChI is InChI=1S/C19H24N4O2/c1-22-10-7-20-19(22)23-8-4-16(5-9-23)21-18(24)13-14-2-3-17-15(12-14)6-11-25-17/h2-3,7,10,12,16H,4-6,8-9,11,13H2,1H3,(H,21,24). The molecule has 25 heavy (non-hydrogen) atoms. The van der Waals surface area contributed by atoms with Crippen molar-refractivity contribution in [2.45, 2.75) is 31.7 Å². The summed E-state index contributed by atoms with van der Waals surface area (Å²) in [6, 6.07) is 6.33. The van der Waals surface area contributed by atoms with Gasteiger partial charge in [-0.15, -0.1) is 0 Å². The first-order valence-electron chi connectivity index (χ1n) is 8.95. The van der Waals surface area contributed by atoms with Gasteiger partial charge in [-0.05, 0) is 30.0 Å². The van der Waals surface area contributed by atoms with E-state index >= 15 is 0 Å². The first kappa shape index (κ1) is 16.0. The molecule has 1 amide bonds. The number of hydrogen-bond donors (Lipinski definition) is 1. The molecule has 0 spiro atoms. The summed E-state index contributed by atoms with van der Waals surface area (Å²) in [5.74, 6) is 2.07. The van der Waals surface area contributed by atoms with Crippen LogP contribution in [0.1, 0.15) is 24.0 Å². The van der Waals surface area contributed by atoms with Crippen LogP contribution in [0.5, 0.6) is 5.75 Å². The van der Waals surface area contributed by atoms with Crippen molar-refractivity contribution in [3.63, 3.8) is 0 Å². The second-order valence-electron chi connectivity index (χ2n) is 6.88. The number of aromatic nitrogens is 2. The molecule has 0 unspecified atom stereocenters. The van der Waals surface area contributed by atoms with Crippen molar-refractivity contribution in [3.05, 3.63) is 41.7 Å². The Labute approximate surface area is 147 Å². The van der Waals surface area contributed by atoms with E-state index in [2.05, 4.69) is 21.3 Å². The summed E-state index contributed by atoms with van der Waals surface area (Å²) in [5, 5.41) is 3.19. The highest BCUT2D eigenvalue weighted by Crippen LogP contribution is 2.26. The van der Waals surface area contributed by atoms with Gasteiger partial charge in [0.25, 0.3) is 0 Å². The number of aryl methyl sites for hydroxylation is 1. The van der Waals surface area contributed by atoms with Gasteiger partial charge in [-0.25, -0.2) is 4.98 Å². The largest absolute Gasteiger partial charge is 0.493 e. The third kappa shape index (κ3) is 3.48. The molecule has 1 aromatic carbocycles. The molecule has 1 N–H and O–H groups in total. The molecule has 2 aliphatic heterocycles. The molecule has 2 aliphatic rings. The molecule has 0 radical (unpaired) electrons. The van der Waals surface area contributed by atoms with Crippen LogP contribution in [0.4, 0.5) is 5.95 Å². The molecule has 132 valence electrons. The lowest BCUT2D eigenvalue weighted by molar-refractivity contribution is -0.121. The van der Waals surface area contributed by atoms with E-state index in [0.717, 1.165) is 56.2 Å². The number of benzene rings is 1. The summed E-state index contributed by atoms with van der Waals surface area (Å²) in [6.07, 6.45) is 7.08. The number of nitrogens with one attached hydrogen (secondary N) is 1. The first-order chi connectivity index (χ1) is 12.2. The molecule has 0 aliphatic carbocycles. The number of amides is 1. The Morgan fingerprint density at radius 1 is 1.36 bits per heavy atom.